The van der Waals surface area contributed by atoms with Crippen molar-refractivity contribution in [2.45, 2.75) is 33.2 Å². The van der Waals surface area contributed by atoms with Crippen LogP contribution in [0.1, 0.15) is 52.2 Å². The molecule has 1 aliphatic rings. The van der Waals surface area contributed by atoms with E-state index in [1.807, 2.05) is 44.2 Å². The average molecular weight is 362 g/mol. The van der Waals surface area contributed by atoms with E-state index < -0.39 is 5.91 Å². The van der Waals surface area contributed by atoms with Crippen molar-refractivity contribution in [3.8, 4) is 0 Å². The molecule has 4 rings (SSSR count). The van der Waals surface area contributed by atoms with Crippen LogP contribution in [0.5, 0.6) is 0 Å². The summed E-state index contributed by atoms with van der Waals surface area (Å²) in [6.07, 6.45) is 1.71. The van der Waals surface area contributed by atoms with Crippen LogP contribution in [0.2, 0.25) is 0 Å². The van der Waals surface area contributed by atoms with Gasteiger partial charge in [0.1, 0.15) is 0 Å². The number of hydroxylamine groups is 1. The van der Waals surface area contributed by atoms with Crippen LogP contribution in [-0.2, 0) is 13.0 Å². The van der Waals surface area contributed by atoms with E-state index in [2.05, 4.69) is 10.6 Å². The lowest BCUT2D eigenvalue weighted by Gasteiger charge is -2.29. The van der Waals surface area contributed by atoms with Crippen LogP contribution in [-0.4, -0.2) is 21.5 Å². The van der Waals surface area contributed by atoms with Crippen molar-refractivity contribution in [3.63, 3.8) is 0 Å². The van der Waals surface area contributed by atoms with E-state index in [9.17, 15) is 9.59 Å². The van der Waals surface area contributed by atoms with Crippen LogP contribution in [0.15, 0.2) is 48.5 Å². The highest BCUT2D eigenvalue weighted by Gasteiger charge is 2.37. The first kappa shape index (κ1) is 17.5. The Morgan fingerprint density at radius 1 is 1.15 bits per heavy atom. The van der Waals surface area contributed by atoms with Gasteiger partial charge in [-0.1, -0.05) is 44.2 Å². The molecule has 5 nitrogen and oxygen atoms in total. The summed E-state index contributed by atoms with van der Waals surface area (Å²) in [5.41, 5.74) is 5.76. The molecule has 1 aliphatic carbocycles. The van der Waals surface area contributed by atoms with Crippen molar-refractivity contribution in [2.24, 2.45) is 5.41 Å². The molecule has 1 heterocycles. The van der Waals surface area contributed by atoms with Gasteiger partial charge in [0.05, 0.1) is 0 Å². The average Bonchev–Trinajstić information content (AvgIpc) is 2.99. The maximum Gasteiger partial charge on any atom is 0.274 e. The zero-order valence-corrected chi connectivity index (χ0v) is 15.5. The van der Waals surface area contributed by atoms with Crippen LogP contribution >= 0.6 is 0 Å². The lowest BCUT2D eigenvalue weighted by atomic mass is 9.74. The Morgan fingerprint density at radius 2 is 1.85 bits per heavy atom. The largest absolute Gasteiger partial charge is 0.339 e. The predicted octanol–water partition coefficient (Wildman–Crippen LogP) is 3.96. The topological polar surface area (TPSA) is 71.3 Å². The summed E-state index contributed by atoms with van der Waals surface area (Å²) in [6, 6.07) is 15.2. The molecule has 0 saturated heterocycles. The van der Waals surface area contributed by atoms with Gasteiger partial charge in [-0.05, 0) is 36.6 Å². The van der Waals surface area contributed by atoms with Crippen molar-refractivity contribution in [1.29, 1.82) is 0 Å². The molecule has 0 aliphatic heterocycles. The number of benzene rings is 2. The quantitative estimate of drug-likeness (QED) is 0.547. The highest BCUT2D eigenvalue weighted by molar-refractivity contribution is 6.12. The molecular weight excluding hydrogens is 340 g/mol. The van der Waals surface area contributed by atoms with Gasteiger partial charge in [-0.3, -0.25) is 14.8 Å². The Bertz CT molecular complexity index is 1050. The Kier molecular flexibility index (Phi) is 4.12. The molecule has 0 atom stereocenters. The van der Waals surface area contributed by atoms with Crippen molar-refractivity contribution in [1.82, 2.24) is 10.0 Å². The molecular formula is C22H22N2O3. The molecule has 0 unspecified atom stereocenters. The van der Waals surface area contributed by atoms with Gasteiger partial charge in [-0.15, -0.1) is 0 Å². The maximum absolute atomic E-state index is 13.1. The second-order valence-electron chi connectivity index (χ2n) is 7.78. The number of fused-ring (bicyclic) bond motifs is 3. The smallest absolute Gasteiger partial charge is 0.274 e. The zero-order valence-electron chi connectivity index (χ0n) is 15.5. The molecule has 5 heteroatoms. The van der Waals surface area contributed by atoms with E-state index in [0.717, 1.165) is 40.6 Å². The molecule has 0 fully saturated rings. The fraction of sp³-hybridized carbons (Fsp3) is 0.273. The van der Waals surface area contributed by atoms with Crippen molar-refractivity contribution in [2.75, 3.05) is 0 Å². The number of carbonyl (C=O) groups is 2. The number of Topliss-reactive ketones (excluding diaryl/α,β-unsaturated/α-hetero) is 1. The van der Waals surface area contributed by atoms with Crippen molar-refractivity contribution in [3.05, 3.63) is 70.9 Å². The molecule has 2 aromatic carbocycles. The number of hydrogen-bond acceptors (Lipinski definition) is 3. The molecule has 0 saturated carbocycles. The summed E-state index contributed by atoms with van der Waals surface area (Å²) >= 11 is 0. The Balaban J connectivity index is 1.79. The molecule has 138 valence electrons. The second-order valence-corrected chi connectivity index (χ2v) is 7.78. The minimum absolute atomic E-state index is 0.216. The number of hydrogen-bond donors (Lipinski definition) is 2. The first-order chi connectivity index (χ1) is 12.9. The van der Waals surface area contributed by atoms with Crippen LogP contribution < -0.4 is 5.48 Å². The summed E-state index contributed by atoms with van der Waals surface area (Å²) in [4.78, 5) is 24.6. The van der Waals surface area contributed by atoms with Gasteiger partial charge in [0, 0.05) is 39.7 Å². The molecule has 27 heavy (non-hydrogen) atoms. The van der Waals surface area contributed by atoms with E-state index in [4.69, 9.17) is 5.21 Å². The number of aromatic nitrogens is 1. The van der Waals surface area contributed by atoms with Crippen molar-refractivity contribution < 1.29 is 14.8 Å². The first-order valence-corrected chi connectivity index (χ1v) is 9.10. The number of rotatable bonds is 3. The minimum Gasteiger partial charge on any atom is -0.339 e. The maximum atomic E-state index is 13.1. The Labute approximate surface area is 157 Å². The zero-order chi connectivity index (χ0) is 19.2. The molecule has 0 spiro atoms. The number of ketones is 1. The standard InChI is InChI=1S/C22H22N2O3/c1-22(2)12-11-18-19(20(22)25)16-5-3-4-6-17(16)24(18)13-14-7-9-15(10-8-14)21(26)23-27/h3-10,27H,11-13H2,1-2H3,(H,23,26). The molecule has 1 amide bonds. The third-order valence-corrected chi connectivity index (χ3v) is 5.57. The number of amides is 1. The normalized spacial score (nSPS) is 15.6. The molecule has 0 radical (unpaired) electrons. The van der Waals surface area contributed by atoms with E-state index in [1.165, 1.54) is 0 Å². The second kappa shape index (κ2) is 6.35. The summed E-state index contributed by atoms with van der Waals surface area (Å²) in [6.45, 7) is 4.68. The highest BCUT2D eigenvalue weighted by atomic mass is 16.5. The summed E-state index contributed by atoms with van der Waals surface area (Å²) in [7, 11) is 0. The summed E-state index contributed by atoms with van der Waals surface area (Å²) in [5, 5.41) is 9.76. The lowest BCUT2D eigenvalue weighted by Crippen LogP contribution is -2.30. The highest BCUT2D eigenvalue weighted by Crippen LogP contribution is 2.40. The van der Waals surface area contributed by atoms with Gasteiger partial charge in [-0.2, -0.15) is 0 Å². The predicted molar refractivity (Wildman–Crippen MR) is 103 cm³/mol. The van der Waals surface area contributed by atoms with E-state index in [1.54, 1.807) is 17.6 Å². The SMILES string of the molecule is CC1(C)CCc2c(c3ccccc3n2Cc2ccc(C(=O)NO)cc2)C1=O. The third kappa shape index (κ3) is 2.84. The third-order valence-electron chi connectivity index (χ3n) is 5.57. The van der Waals surface area contributed by atoms with Gasteiger partial charge in [0.25, 0.3) is 5.91 Å². The molecule has 2 N–H and O–H groups in total. The summed E-state index contributed by atoms with van der Waals surface area (Å²) < 4.78 is 2.22. The number of carbonyl (C=O) groups excluding carboxylic acids is 2. The number of nitrogens with one attached hydrogen (secondary N) is 1. The van der Waals surface area contributed by atoms with Gasteiger partial charge in [0.15, 0.2) is 5.78 Å². The van der Waals surface area contributed by atoms with Crippen molar-refractivity contribution >= 4 is 22.6 Å². The van der Waals surface area contributed by atoms with Crippen LogP contribution in [0.4, 0.5) is 0 Å². The first-order valence-electron chi connectivity index (χ1n) is 9.10. The number of nitrogens with zero attached hydrogens (tertiary/aromatic N) is 1. The van der Waals surface area contributed by atoms with Crippen LogP contribution in [0.25, 0.3) is 10.9 Å². The van der Waals surface area contributed by atoms with E-state index >= 15 is 0 Å². The van der Waals surface area contributed by atoms with Gasteiger partial charge in [0.2, 0.25) is 0 Å². The van der Waals surface area contributed by atoms with Gasteiger partial charge < -0.3 is 4.57 Å². The van der Waals surface area contributed by atoms with Gasteiger partial charge in [-0.25, -0.2) is 5.48 Å². The lowest BCUT2D eigenvalue weighted by molar-refractivity contribution is 0.0706. The monoisotopic (exact) mass is 362 g/mol. The fourth-order valence-corrected chi connectivity index (χ4v) is 3.94. The van der Waals surface area contributed by atoms with Gasteiger partial charge >= 0.3 is 0 Å². The number of para-hydroxylation sites is 1. The van der Waals surface area contributed by atoms with Crippen LogP contribution in [0, 0.1) is 5.41 Å². The van der Waals surface area contributed by atoms with E-state index in [-0.39, 0.29) is 11.2 Å². The Hall–Kier alpha value is -2.92. The molecule has 1 aromatic heterocycles. The molecule has 3 aromatic rings. The summed E-state index contributed by atoms with van der Waals surface area (Å²) in [5.74, 6) is -0.313. The Morgan fingerprint density at radius 3 is 2.56 bits per heavy atom. The van der Waals surface area contributed by atoms with E-state index in [0.29, 0.717) is 12.1 Å². The minimum atomic E-state index is -0.529. The molecule has 0 bridgehead atoms. The fourth-order valence-electron chi connectivity index (χ4n) is 3.94. The van der Waals surface area contributed by atoms with Crippen LogP contribution in [0.3, 0.4) is 0 Å².